The molecule has 0 N–H and O–H groups in total. The second-order valence-corrected chi connectivity index (χ2v) is 10.5. The van der Waals surface area contributed by atoms with Gasteiger partial charge in [-0.25, -0.2) is 9.78 Å². The van der Waals surface area contributed by atoms with Gasteiger partial charge in [-0.1, -0.05) is 18.2 Å². The van der Waals surface area contributed by atoms with Crippen molar-refractivity contribution in [3.8, 4) is 0 Å². The summed E-state index contributed by atoms with van der Waals surface area (Å²) >= 11 is 0. The number of benzene rings is 1. The summed E-state index contributed by atoms with van der Waals surface area (Å²) in [5, 5.41) is 1.16. The minimum Gasteiger partial charge on any atom is -0.465 e. The van der Waals surface area contributed by atoms with Crippen molar-refractivity contribution in [1.29, 1.82) is 0 Å². The maximum absolute atomic E-state index is 11.7. The number of ether oxygens (including phenoxy) is 1. The van der Waals surface area contributed by atoms with Gasteiger partial charge < -0.3 is 14.2 Å². The van der Waals surface area contributed by atoms with Crippen LogP contribution in [0.25, 0.3) is 11.0 Å². The molecule has 1 aromatic carbocycles. The van der Waals surface area contributed by atoms with E-state index < -0.39 is 0 Å². The summed E-state index contributed by atoms with van der Waals surface area (Å²) in [4.78, 5) is 25.9. The van der Waals surface area contributed by atoms with Crippen LogP contribution in [0.5, 0.6) is 0 Å². The molecule has 0 saturated carbocycles. The minimum atomic E-state index is -0.314. The van der Waals surface area contributed by atoms with Gasteiger partial charge in [-0.3, -0.25) is 9.88 Å². The summed E-state index contributed by atoms with van der Waals surface area (Å²) in [6, 6.07) is 16.2. The first-order chi connectivity index (χ1) is 18.1. The van der Waals surface area contributed by atoms with E-state index in [0.29, 0.717) is 17.5 Å². The number of anilines is 1. The highest BCUT2D eigenvalue weighted by Gasteiger charge is 2.40. The summed E-state index contributed by atoms with van der Waals surface area (Å²) in [5.74, 6) is -0.314. The van der Waals surface area contributed by atoms with E-state index in [4.69, 9.17) is 9.72 Å². The quantitative estimate of drug-likeness (QED) is 0.360. The Hall–Kier alpha value is -3.71. The molecular weight excluding hydrogens is 462 g/mol. The molecule has 0 bridgehead atoms. The molecule has 5 heterocycles. The van der Waals surface area contributed by atoms with Crippen LogP contribution < -0.4 is 4.90 Å². The fourth-order valence-corrected chi connectivity index (χ4v) is 5.99. The van der Waals surface area contributed by atoms with Crippen molar-refractivity contribution >= 4 is 22.7 Å². The van der Waals surface area contributed by atoms with Crippen LogP contribution in [0, 0.1) is 5.41 Å². The van der Waals surface area contributed by atoms with Crippen LogP contribution in [0.15, 0.2) is 73.3 Å². The van der Waals surface area contributed by atoms with E-state index in [1.165, 1.54) is 50.7 Å². The number of rotatable bonds is 6. The first-order valence-corrected chi connectivity index (χ1v) is 13.1. The SMILES string of the molecule is COC(=O)c1ccc(Cn2ccc3cc(N4CCC5(CCN(Cc6cccnc6)C5)CC4)cnc32)cc1. The number of pyridine rings is 2. The van der Waals surface area contributed by atoms with E-state index in [-0.39, 0.29) is 5.97 Å². The van der Waals surface area contributed by atoms with Gasteiger partial charge >= 0.3 is 5.97 Å². The van der Waals surface area contributed by atoms with E-state index in [9.17, 15) is 4.79 Å². The molecule has 2 fully saturated rings. The monoisotopic (exact) mass is 495 g/mol. The Balaban J connectivity index is 1.08. The van der Waals surface area contributed by atoms with Gasteiger partial charge in [-0.2, -0.15) is 0 Å². The molecule has 1 spiro atoms. The number of fused-ring (bicyclic) bond motifs is 1. The number of piperidine rings is 1. The van der Waals surface area contributed by atoms with Crippen molar-refractivity contribution in [1.82, 2.24) is 19.4 Å². The number of aromatic nitrogens is 3. The van der Waals surface area contributed by atoms with E-state index >= 15 is 0 Å². The number of methoxy groups -OCH3 is 1. The summed E-state index contributed by atoms with van der Waals surface area (Å²) in [6.07, 6.45) is 11.7. The van der Waals surface area contributed by atoms with Gasteiger partial charge in [0.05, 0.1) is 24.6 Å². The molecule has 3 aromatic heterocycles. The Morgan fingerprint density at radius 2 is 1.78 bits per heavy atom. The molecular formula is C30H33N5O2. The zero-order valence-corrected chi connectivity index (χ0v) is 21.3. The minimum absolute atomic E-state index is 0.314. The highest BCUT2D eigenvalue weighted by atomic mass is 16.5. The standard InChI is InChI=1S/C30H33N5O2/c1-37-29(36)25-6-4-23(5-7-25)21-35-13-8-26-17-27(19-32-28(26)35)34-15-10-30(11-16-34)9-14-33(22-30)20-24-3-2-12-31-18-24/h2-8,12-13,17-19H,9-11,14-16,20-22H2,1H3. The van der Waals surface area contributed by atoms with Gasteiger partial charge in [0.25, 0.3) is 0 Å². The molecule has 2 aliphatic rings. The molecule has 0 unspecified atom stereocenters. The van der Waals surface area contributed by atoms with Crippen LogP contribution in [-0.2, 0) is 17.8 Å². The molecule has 0 amide bonds. The number of carbonyl (C=O) groups excluding carboxylic acids is 1. The van der Waals surface area contributed by atoms with Gasteiger partial charge in [0.2, 0.25) is 0 Å². The number of hydrogen-bond donors (Lipinski definition) is 0. The normalized spacial score (nSPS) is 17.5. The molecule has 37 heavy (non-hydrogen) atoms. The lowest BCUT2D eigenvalue weighted by Gasteiger charge is -2.40. The van der Waals surface area contributed by atoms with Crippen molar-refractivity contribution in [3.05, 3.63) is 90.0 Å². The molecule has 2 aliphatic heterocycles. The Morgan fingerprint density at radius 1 is 0.973 bits per heavy atom. The zero-order valence-electron chi connectivity index (χ0n) is 21.3. The molecule has 190 valence electrons. The summed E-state index contributed by atoms with van der Waals surface area (Å²) < 4.78 is 6.95. The third kappa shape index (κ3) is 4.96. The van der Waals surface area contributed by atoms with Gasteiger partial charge in [0, 0.05) is 56.7 Å². The fraction of sp³-hybridized carbons (Fsp3) is 0.367. The van der Waals surface area contributed by atoms with Crippen LogP contribution in [0.3, 0.4) is 0 Å². The Labute approximate surface area is 217 Å². The predicted octanol–water partition coefficient (Wildman–Crippen LogP) is 4.76. The summed E-state index contributed by atoms with van der Waals surface area (Å²) in [7, 11) is 1.40. The van der Waals surface area contributed by atoms with Crippen molar-refractivity contribution in [2.24, 2.45) is 5.41 Å². The highest BCUT2D eigenvalue weighted by Crippen LogP contribution is 2.41. The zero-order chi connectivity index (χ0) is 25.2. The summed E-state index contributed by atoms with van der Waals surface area (Å²) in [5.41, 5.74) is 5.63. The van der Waals surface area contributed by atoms with Crippen LogP contribution >= 0.6 is 0 Å². The number of nitrogens with zero attached hydrogens (tertiary/aromatic N) is 5. The lowest BCUT2D eigenvalue weighted by atomic mass is 9.77. The Kier molecular flexibility index (Phi) is 6.38. The smallest absolute Gasteiger partial charge is 0.337 e. The van der Waals surface area contributed by atoms with Crippen molar-refractivity contribution in [3.63, 3.8) is 0 Å². The van der Waals surface area contributed by atoms with Crippen LogP contribution in [0.4, 0.5) is 5.69 Å². The second-order valence-electron chi connectivity index (χ2n) is 10.5. The maximum Gasteiger partial charge on any atom is 0.337 e. The van der Waals surface area contributed by atoms with E-state index in [2.05, 4.69) is 43.7 Å². The molecule has 7 nitrogen and oxygen atoms in total. The van der Waals surface area contributed by atoms with E-state index in [0.717, 1.165) is 36.2 Å². The van der Waals surface area contributed by atoms with Gasteiger partial charge in [0.1, 0.15) is 5.65 Å². The molecule has 0 atom stereocenters. The van der Waals surface area contributed by atoms with E-state index in [1.54, 1.807) is 0 Å². The third-order valence-electron chi connectivity index (χ3n) is 8.15. The molecule has 4 aromatic rings. The average molecular weight is 496 g/mol. The molecule has 6 rings (SSSR count). The van der Waals surface area contributed by atoms with Gasteiger partial charge in [-0.15, -0.1) is 0 Å². The predicted molar refractivity (Wildman–Crippen MR) is 145 cm³/mol. The van der Waals surface area contributed by atoms with Crippen LogP contribution in [0.1, 0.15) is 40.7 Å². The van der Waals surface area contributed by atoms with Crippen molar-refractivity contribution < 1.29 is 9.53 Å². The molecule has 7 heteroatoms. The maximum atomic E-state index is 11.7. The van der Waals surface area contributed by atoms with Gasteiger partial charge in [0.15, 0.2) is 0 Å². The average Bonchev–Trinajstić information content (AvgIpc) is 3.53. The second kappa shape index (κ2) is 9.98. The highest BCUT2D eigenvalue weighted by molar-refractivity contribution is 5.89. The lowest BCUT2D eigenvalue weighted by Crippen LogP contribution is -2.41. The lowest BCUT2D eigenvalue weighted by molar-refractivity contribution is 0.0600. The van der Waals surface area contributed by atoms with Crippen LogP contribution in [-0.4, -0.2) is 58.7 Å². The number of hydrogen-bond acceptors (Lipinski definition) is 6. The van der Waals surface area contributed by atoms with Gasteiger partial charge in [-0.05, 0) is 72.7 Å². The number of likely N-dealkylation sites (tertiary alicyclic amines) is 1. The number of esters is 1. The topological polar surface area (TPSA) is 63.5 Å². The molecule has 0 radical (unpaired) electrons. The van der Waals surface area contributed by atoms with Crippen LogP contribution in [0.2, 0.25) is 0 Å². The first kappa shape index (κ1) is 23.7. The molecule has 2 saturated heterocycles. The fourth-order valence-electron chi connectivity index (χ4n) is 5.99. The summed E-state index contributed by atoms with van der Waals surface area (Å²) in [6.45, 7) is 6.26. The van der Waals surface area contributed by atoms with E-state index in [1.807, 2.05) is 48.9 Å². The largest absolute Gasteiger partial charge is 0.465 e. The van der Waals surface area contributed by atoms with Crippen molar-refractivity contribution in [2.45, 2.75) is 32.4 Å². The number of carbonyl (C=O) groups is 1. The molecule has 0 aliphatic carbocycles. The Morgan fingerprint density at radius 3 is 2.54 bits per heavy atom. The third-order valence-corrected chi connectivity index (χ3v) is 8.15. The Bertz CT molecular complexity index is 1370. The first-order valence-electron chi connectivity index (χ1n) is 13.1. The van der Waals surface area contributed by atoms with Crippen molar-refractivity contribution in [2.75, 3.05) is 38.2 Å².